The highest BCUT2D eigenvalue weighted by atomic mass is 16.5. The van der Waals surface area contributed by atoms with Crippen LogP contribution in [0.1, 0.15) is 5.69 Å². The third-order valence-electron chi connectivity index (χ3n) is 1.20. The highest BCUT2D eigenvalue weighted by molar-refractivity contribution is 5.65. The van der Waals surface area contributed by atoms with Crippen molar-refractivity contribution >= 4 is 11.2 Å². The Bertz CT molecular complexity index is 355. The van der Waals surface area contributed by atoms with Gasteiger partial charge in [0, 0.05) is 6.20 Å². The lowest BCUT2D eigenvalue weighted by molar-refractivity contribution is 0.448. The Balaban J connectivity index is 2.86. The van der Waals surface area contributed by atoms with Crippen LogP contribution < -0.4 is 0 Å². The van der Waals surface area contributed by atoms with Crippen molar-refractivity contribution in [1.29, 1.82) is 0 Å². The molecule has 0 saturated carbocycles. The van der Waals surface area contributed by atoms with Crippen molar-refractivity contribution in [2.45, 2.75) is 6.92 Å². The molecule has 0 unspecified atom stereocenters. The third-order valence-corrected chi connectivity index (χ3v) is 1.20. The topological polar surface area (TPSA) is 51.8 Å². The summed E-state index contributed by atoms with van der Waals surface area (Å²) in [5, 5.41) is 3.54. The Morgan fingerprint density at radius 2 is 2.30 bits per heavy atom. The molecule has 0 amide bonds. The molecule has 0 fully saturated rings. The minimum atomic E-state index is 0.500. The quantitative estimate of drug-likeness (QED) is 0.539. The molecule has 2 aromatic heterocycles. The summed E-state index contributed by atoms with van der Waals surface area (Å²) in [6.07, 6.45) is 3.22. The Hall–Kier alpha value is -1.45. The molecule has 0 N–H and O–H groups in total. The molecule has 10 heavy (non-hydrogen) atoms. The van der Waals surface area contributed by atoms with Crippen LogP contribution in [0.3, 0.4) is 0 Å². The van der Waals surface area contributed by atoms with Crippen LogP contribution in [0.25, 0.3) is 11.2 Å². The molecule has 0 aromatic carbocycles. The fourth-order valence-electron chi connectivity index (χ4n) is 0.746. The first kappa shape index (κ1) is 5.34. The monoisotopic (exact) mass is 135 g/mol. The van der Waals surface area contributed by atoms with E-state index in [-0.39, 0.29) is 0 Å². The van der Waals surface area contributed by atoms with Crippen LogP contribution in [0.5, 0.6) is 0 Å². The summed E-state index contributed by atoms with van der Waals surface area (Å²) in [5.74, 6) is 0. The van der Waals surface area contributed by atoms with Crippen LogP contribution in [-0.2, 0) is 0 Å². The molecular weight excluding hydrogens is 130 g/mol. The SMILES string of the molecule is Cc1cnc2cnoc2n1. The molecule has 50 valence electrons. The maximum atomic E-state index is 4.78. The first-order chi connectivity index (χ1) is 4.86. The maximum absolute atomic E-state index is 4.78. The molecule has 4 heteroatoms. The predicted octanol–water partition coefficient (Wildman–Crippen LogP) is 0.926. The second-order valence-electron chi connectivity index (χ2n) is 2.03. The van der Waals surface area contributed by atoms with E-state index in [1.807, 2.05) is 6.92 Å². The van der Waals surface area contributed by atoms with E-state index in [0.29, 0.717) is 11.2 Å². The van der Waals surface area contributed by atoms with Gasteiger partial charge in [-0.1, -0.05) is 5.16 Å². The van der Waals surface area contributed by atoms with Gasteiger partial charge in [0.05, 0.1) is 11.9 Å². The van der Waals surface area contributed by atoms with E-state index in [0.717, 1.165) is 5.69 Å². The van der Waals surface area contributed by atoms with E-state index >= 15 is 0 Å². The Morgan fingerprint density at radius 3 is 3.20 bits per heavy atom. The van der Waals surface area contributed by atoms with Gasteiger partial charge in [-0.25, -0.2) is 9.97 Å². The highest BCUT2D eigenvalue weighted by Gasteiger charge is 1.98. The van der Waals surface area contributed by atoms with Crippen molar-refractivity contribution in [3.8, 4) is 0 Å². The Labute approximate surface area is 56.9 Å². The lowest BCUT2D eigenvalue weighted by Gasteiger charge is -1.85. The zero-order chi connectivity index (χ0) is 6.97. The summed E-state index contributed by atoms with van der Waals surface area (Å²) in [7, 11) is 0. The molecule has 2 aromatic rings. The zero-order valence-corrected chi connectivity index (χ0v) is 5.40. The standard InChI is InChI=1S/C6H5N3O/c1-4-2-7-5-3-8-10-6(5)9-4/h2-3H,1H3. The van der Waals surface area contributed by atoms with Gasteiger partial charge in [0.1, 0.15) is 5.52 Å². The number of nitrogens with zero attached hydrogens (tertiary/aromatic N) is 3. The average molecular weight is 135 g/mol. The first-order valence-corrected chi connectivity index (χ1v) is 2.90. The molecule has 4 nitrogen and oxygen atoms in total. The van der Waals surface area contributed by atoms with Crippen molar-refractivity contribution in [3.05, 3.63) is 18.1 Å². The molecule has 0 aliphatic carbocycles. The van der Waals surface area contributed by atoms with Crippen molar-refractivity contribution in [3.63, 3.8) is 0 Å². The van der Waals surface area contributed by atoms with Gasteiger partial charge in [-0.3, -0.25) is 0 Å². The lowest BCUT2D eigenvalue weighted by atomic mass is 10.5. The van der Waals surface area contributed by atoms with Crippen LogP contribution in [-0.4, -0.2) is 15.1 Å². The molecule has 0 bridgehead atoms. The number of aryl methyl sites for hydroxylation is 1. The summed E-state index contributed by atoms with van der Waals surface area (Å²) < 4.78 is 4.78. The van der Waals surface area contributed by atoms with E-state index in [9.17, 15) is 0 Å². The predicted molar refractivity (Wildman–Crippen MR) is 34.3 cm³/mol. The van der Waals surface area contributed by atoms with Gasteiger partial charge in [0.15, 0.2) is 0 Å². The van der Waals surface area contributed by atoms with Crippen molar-refractivity contribution < 1.29 is 4.52 Å². The molecule has 0 aliphatic heterocycles. The second-order valence-corrected chi connectivity index (χ2v) is 2.03. The van der Waals surface area contributed by atoms with Gasteiger partial charge in [-0.2, -0.15) is 0 Å². The summed E-state index contributed by atoms with van der Waals surface area (Å²) in [6.45, 7) is 1.86. The van der Waals surface area contributed by atoms with Gasteiger partial charge in [0.2, 0.25) is 0 Å². The molecule has 0 spiro atoms. The minimum absolute atomic E-state index is 0.500. The van der Waals surface area contributed by atoms with Gasteiger partial charge in [0.25, 0.3) is 5.71 Å². The highest BCUT2D eigenvalue weighted by Crippen LogP contribution is 2.05. The van der Waals surface area contributed by atoms with Gasteiger partial charge in [-0.05, 0) is 6.92 Å². The van der Waals surface area contributed by atoms with Crippen molar-refractivity contribution in [2.75, 3.05) is 0 Å². The lowest BCUT2D eigenvalue weighted by Crippen LogP contribution is -1.81. The van der Waals surface area contributed by atoms with Crippen molar-refractivity contribution in [1.82, 2.24) is 15.1 Å². The average Bonchev–Trinajstić information content (AvgIpc) is 2.33. The van der Waals surface area contributed by atoms with E-state index in [1.54, 1.807) is 12.4 Å². The van der Waals surface area contributed by atoms with Crippen LogP contribution in [0.15, 0.2) is 16.9 Å². The van der Waals surface area contributed by atoms with Crippen LogP contribution in [0, 0.1) is 6.92 Å². The first-order valence-electron chi connectivity index (χ1n) is 2.90. The smallest absolute Gasteiger partial charge is 0.276 e. The van der Waals surface area contributed by atoms with Crippen LogP contribution in [0.4, 0.5) is 0 Å². The second kappa shape index (κ2) is 1.76. The van der Waals surface area contributed by atoms with E-state index < -0.39 is 0 Å². The molecule has 0 saturated heterocycles. The molecular formula is C6H5N3O. The Morgan fingerprint density at radius 1 is 1.40 bits per heavy atom. The summed E-state index contributed by atoms with van der Waals surface area (Å²) >= 11 is 0. The summed E-state index contributed by atoms with van der Waals surface area (Å²) in [4.78, 5) is 8.07. The fraction of sp³-hybridized carbons (Fsp3) is 0.167. The van der Waals surface area contributed by atoms with Gasteiger partial charge < -0.3 is 4.52 Å². The fourth-order valence-corrected chi connectivity index (χ4v) is 0.746. The van der Waals surface area contributed by atoms with E-state index in [4.69, 9.17) is 4.52 Å². The number of aromatic nitrogens is 3. The number of hydrogen-bond donors (Lipinski definition) is 0. The molecule has 0 atom stereocenters. The largest absolute Gasteiger partial charge is 0.334 e. The van der Waals surface area contributed by atoms with Gasteiger partial charge >= 0.3 is 0 Å². The van der Waals surface area contributed by atoms with Gasteiger partial charge in [-0.15, -0.1) is 0 Å². The van der Waals surface area contributed by atoms with Crippen LogP contribution in [0.2, 0.25) is 0 Å². The number of fused-ring (bicyclic) bond motifs is 1. The maximum Gasteiger partial charge on any atom is 0.276 e. The normalized spacial score (nSPS) is 10.5. The van der Waals surface area contributed by atoms with E-state index in [1.165, 1.54) is 0 Å². The molecule has 0 aliphatic rings. The Kier molecular flexibility index (Phi) is 0.943. The van der Waals surface area contributed by atoms with E-state index in [2.05, 4.69) is 15.1 Å². The molecule has 0 radical (unpaired) electrons. The van der Waals surface area contributed by atoms with Crippen LogP contribution >= 0.6 is 0 Å². The van der Waals surface area contributed by atoms with Crippen molar-refractivity contribution in [2.24, 2.45) is 0 Å². The number of hydrogen-bond acceptors (Lipinski definition) is 4. The summed E-state index contributed by atoms with van der Waals surface area (Å²) in [6, 6.07) is 0. The number of rotatable bonds is 0. The zero-order valence-electron chi connectivity index (χ0n) is 5.40. The minimum Gasteiger partial charge on any atom is -0.334 e. The third kappa shape index (κ3) is 0.655. The summed E-state index contributed by atoms with van der Waals surface area (Å²) in [5.41, 5.74) is 2.04. The molecule has 2 heterocycles. The molecule has 2 rings (SSSR count).